The molecule has 1 aliphatic rings. The number of aliphatic carboxylic acids is 1. The molecular formula is C16H29NO4. The molecule has 1 saturated carbocycles. The van der Waals surface area contributed by atoms with Crippen molar-refractivity contribution in [1.29, 1.82) is 0 Å². The minimum Gasteiger partial charge on any atom is -0.481 e. The summed E-state index contributed by atoms with van der Waals surface area (Å²) in [5.41, 5.74) is -1.81. The molecule has 0 aromatic carbocycles. The zero-order valence-electron chi connectivity index (χ0n) is 13.3. The second kappa shape index (κ2) is 7.78. The summed E-state index contributed by atoms with van der Waals surface area (Å²) in [6.07, 6.45) is 6.11. The molecule has 0 aromatic heterocycles. The van der Waals surface area contributed by atoms with Crippen molar-refractivity contribution in [3.63, 3.8) is 0 Å². The van der Waals surface area contributed by atoms with Crippen LogP contribution in [0.25, 0.3) is 0 Å². The van der Waals surface area contributed by atoms with E-state index in [0.29, 0.717) is 25.7 Å². The molecule has 1 fully saturated rings. The smallest absolute Gasteiger partial charge is 0.310 e. The molecule has 122 valence electrons. The van der Waals surface area contributed by atoms with Gasteiger partial charge in [-0.3, -0.25) is 9.59 Å². The van der Waals surface area contributed by atoms with Crippen LogP contribution in [-0.2, 0) is 9.59 Å². The van der Waals surface area contributed by atoms with Crippen molar-refractivity contribution in [2.24, 2.45) is 5.41 Å². The minimum atomic E-state index is -0.920. The number of carboxylic acid groups (broad SMARTS) is 1. The summed E-state index contributed by atoms with van der Waals surface area (Å²) in [5, 5.41) is 22.4. The Balaban J connectivity index is 2.63. The molecule has 1 amide bonds. The number of hydrogen-bond acceptors (Lipinski definition) is 3. The third kappa shape index (κ3) is 4.99. The van der Waals surface area contributed by atoms with Gasteiger partial charge in [0.2, 0.25) is 5.91 Å². The maximum Gasteiger partial charge on any atom is 0.310 e. The molecular weight excluding hydrogens is 270 g/mol. The van der Waals surface area contributed by atoms with Crippen LogP contribution in [0.3, 0.4) is 0 Å². The second-order valence-electron chi connectivity index (χ2n) is 6.38. The molecule has 1 aliphatic carbocycles. The largest absolute Gasteiger partial charge is 0.481 e. The Morgan fingerprint density at radius 2 is 1.62 bits per heavy atom. The van der Waals surface area contributed by atoms with Gasteiger partial charge >= 0.3 is 5.97 Å². The summed E-state index contributed by atoms with van der Waals surface area (Å²) >= 11 is 0. The average molecular weight is 299 g/mol. The Morgan fingerprint density at radius 1 is 1.10 bits per heavy atom. The van der Waals surface area contributed by atoms with Crippen molar-refractivity contribution >= 4 is 11.9 Å². The standard InChI is InChI=1S/C16H29NO4/c1-3-16(21,4-2)12-17-13(18)11-15(14(19)20)9-7-5-6-8-10-15/h21H,3-12H2,1-2H3,(H,17,18)(H,19,20). The van der Waals surface area contributed by atoms with Gasteiger partial charge < -0.3 is 15.5 Å². The van der Waals surface area contributed by atoms with E-state index in [2.05, 4.69) is 5.32 Å². The van der Waals surface area contributed by atoms with Crippen LogP contribution in [0.15, 0.2) is 0 Å². The van der Waals surface area contributed by atoms with E-state index < -0.39 is 17.0 Å². The van der Waals surface area contributed by atoms with E-state index in [4.69, 9.17) is 0 Å². The highest BCUT2D eigenvalue weighted by Gasteiger charge is 2.40. The van der Waals surface area contributed by atoms with Crippen LogP contribution in [0, 0.1) is 5.41 Å². The van der Waals surface area contributed by atoms with Gasteiger partial charge in [-0.1, -0.05) is 39.5 Å². The topological polar surface area (TPSA) is 86.6 Å². The summed E-state index contributed by atoms with van der Waals surface area (Å²) < 4.78 is 0. The molecule has 5 nitrogen and oxygen atoms in total. The predicted molar refractivity (Wildman–Crippen MR) is 80.9 cm³/mol. The van der Waals surface area contributed by atoms with Gasteiger partial charge in [-0.05, 0) is 25.7 Å². The highest BCUT2D eigenvalue weighted by atomic mass is 16.4. The van der Waals surface area contributed by atoms with Gasteiger partial charge in [-0.2, -0.15) is 0 Å². The number of nitrogens with one attached hydrogen (secondary N) is 1. The van der Waals surface area contributed by atoms with Crippen LogP contribution in [-0.4, -0.2) is 34.2 Å². The Kier molecular flexibility index (Phi) is 6.65. The van der Waals surface area contributed by atoms with E-state index in [9.17, 15) is 19.8 Å². The van der Waals surface area contributed by atoms with Crippen molar-refractivity contribution in [2.45, 2.75) is 77.2 Å². The average Bonchev–Trinajstić information content (AvgIpc) is 2.71. The van der Waals surface area contributed by atoms with Gasteiger partial charge in [0, 0.05) is 13.0 Å². The monoisotopic (exact) mass is 299 g/mol. The molecule has 0 heterocycles. The maximum absolute atomic E-state index is 12.1. The van der Waals surface area contributed by atoms with Gasteiger partial charge in [-0.25, -0.2) is 0 Å². The fourth-order valence-electron chi connectivity index (χ4n) is 3.00. The first kappa shape index (κ1) is 18.0. The molecule has 5 heteroatoms. The number of hydrogen-bond donors (Lipinski definition) is 3. The number of carbonyl (C=O) groups excluding carboxylic acids is 1. The fraction of sp³-hybridized carbons (Fsp3) is 0.875. The highest BCUT2D eigenvalue weighted by Crippen LogP contribution is 2.38. The minimum absolute atomic E-state index is 0.0197. The Labute approximate surface area is 127 Å². The summed E-state index contributed by atoms with van der Waals surface area (Å²) in [7, 11) is 0. The van der Waals surface area contributed by atoms with Crippen molar-refractivity contribution < 1.29 is 19.8 Å². The fourth-order valence-corrected chi connectivity index (χ4v) is 3.00. The molecule has 0 spiro atoms. The lowest BCUT2D eigenvalue weighted by molar-refractivity contribution is -0.153. The Bertz CT molecular complexity index is 355. The van der Waals surface area contributed by atoms with E-state index >= 15 is 0 Å². The third-order valence-corrected chi connectivity index (χ3v) is 4.94. The first-order chi connectivity index (χ1) is 9.87. The molecule has 3 N–H and O–H groups in total. The van der Waals surface area contributed by atoms with Crippen LogP contribution < -0.4 is 5.32 Å². The summed E-state index contributed by atoms with van der Waals surface area (Å²) in [6, 6.07) is 0. The predicted octanol–water partition coefficient (Wildman–Crippen LogP) is 2.47. The van der Waals surface area contributed by atoms with Crippen molar-refractivity contribution in [3.8, 4) is 0 Å². The number of carbonyl (C=O) groups is 2. The van der Waals surface area contributed by atoms with Crippen molar-refractivity contribution in [1.82, 2.24) is 5.32 Å². The van der Waals surface area contributed by atoms with Crippen LogP contribution in [0.1, 0.15) is 71.6 Å². The van der Waals surface area contributed by atoms with Gasteiger partial charge in [0.15, 0.2) is 0 Å². The summed E-state index contributed by atoms with van der Waals surface area (Å²) in [4.78, 5) is 23.8. The molecule has 0 atom stereocenters. The lowest BCUT2D eigenvalue weighted by Gasteiger charge is -2.29. The first-order valence-corrected chi connectivity index (χ1v) is 8.10. The lowest BCUT2D eigenvalue weighted by Crippen LogP contribution is -2.44. The van der Waals surface area contributed by atoms with Crippen molar-refractivity contribution in [3.05, 3.63) is 0 Å². The van der Waals surface area contributed by atoms with Crippen molar-refractivity contribution in [2.75, 3.05) is 6.54 Å². The Hall–Kier alpha value is -1.10. The molecule has 0 unspecified atom stereocenters. The van der Waals surface area contributed by atoms with E-state index in [1.807, 2.05) is 13.8 Å². The highest BCUT2D eigenvalue weighted by molar-refractivity contribution is 5.85. The van der Waals surface area contributed by atoms with Gasteiger partial charge in [0.1, 0.15) is 0 Å². The molecule has 0 radical (unpaired) electrons. The van der Waals surface area contributed by atoms with Crippen LogP contribution in [0.4, 0.5) is 0 Å². The summed E-state index contributed by atoms with van der Waals surface area (Å²) in [5.74, 6) is -1.12. The molecule has 1 rings (SSSR count). The van der Waals surface area contributed by atoms with E-state index in [0.717, 1.165) is 25.7 Å². The van der Waals surface area contributed by atoms with Crippen LogP contribution in [0.5, 0.6) is 0 Å². The summed E-state index contributed by atoms with van der Waals surface area (Å²) in [6.45, 7) is 3.94. The van der Waals surface area contributed by atoms with E-state index in [-0.39, 0.29) is 18.9 Å². The number of amides is 1. The molecule has 0 aromatic rings. The van der Waals surface area contributed by atoms with E-state index in [1.165, 1.54) is 0 Å². The van der Waals surface area contributed by atoms with Crippen LogP contribution in [0.2, 0.25) is 0 Å². The first-order valence-electron chi connectivity index (χ1n) is 8.10. The van der Waals surface area contributed by atoms with Gasteiger partial charge in [0.05, 0.1) is 11.0 Å². The number of carboxylic acids is 1. The van der Waals surface area contributed by atoms with Gasteiger partial charge in [-0.15, -0.1) is 0 Å². The maximum atomic E-state index is 12.1. The Morgan fingerprint density at radius 3 is 2.05 bits per heavy atom. The third-order valence-electron chi connectivity index (χ3n) is 4.94. The zero-order valence-corrected chi connectivity index (χ0v) is 13.3. The molecule has 21 heavy (non-hydrogen) atoms. The second-order valence-corrected chi connectivity index (χ2v) is 6.38. The molecule has 0 aliphatic heterocycles. The molecule has 0 saturated heterocycles. The number of rotatable bonds is 7. The lowest BCUT2D eigenvalue weighted by atomic mass is 9.77. The zero-order chi connectivity index (χ0) is 15.9. The molecule has 0 bridgehead atoms. The number of aliphatic hydroxyl groups is 1. The SMILES string of the molecule is CCC(O)(CC)CNC(=O)CC1(C(=O)O)CCCCCC1. The van der Waals surface area contributed by atoms with Crippen LogP contribution >= 0.6 is 0 Å². The van der Waals surface area contributed by atoms with Gasteiger partial charge in [0.25, 0.3) is 0 Å². The normalized spacial score (nSPS) is 18.8. The quantitative estimate of drug-likeness (QED) is 0.630. The van der Waals surface area contributed by atoms with E-state index in [1.54, 1.807) is 0 Å².